The topological polar surface area (TPSA) is 76.2 Å². The van der Waals surface area contributed by atoms with Gasteiger partial charge in [0.05, 0.1) is 12.0 Å². The maximum atomic E-state index is 13.0. The van der Waals surface area contributed by atoms with E-state index in [-0.39, 0.29) is 28.9 Å². The van der Waals surface area contributed by atoms with Crippen molar-refractivity contribution < 1.29 is 23.1 Å². The van der Waals surface area contributed by atoms with Crippen molar-refractivity contribution in [3.63, 3.8) is 0 Å². The first-order chi connectivity index (χ1) is 9.79. The Morgan fingerprint density at radius 2 is 1.90 bits per heavy atom. The van der Waals surface area contributed by atoms with Gasteiger partial charge >= 0.3 is 12.1 Å². The lowest BCUT2D eigenvalue weighted by Crippen LogP contribution is -2.08. The highest BCUT2D eigenvalue weighted by Crippen LogP contribution is 2.38. The number of benzene rings is 1. The zero-order valence-corrected chi connectivity index (χ0v) is 10.7. The number of anilines is 1. The number of nitrogens with zero attached hydrogens (tertiary/aromatic N) is 1. The molecule has 3 N–H and O–H groups in total. The number of pyridine rings is 1. The molecule has 7 heteroatoms. The number of aromatic nitrogens is 1. The van der Waals surface area contributed by atoms with Crippen LogP contribution in [-0.4, -0.2) is 16.1 Å². The van der Waals surface area contributed by atoms with Crippen LogP contribution >= 0.6 is 0 Å². The molecule has 1 aromatic carbocycles. The molecule has 0 aliphatic carbocycles. The zero-order valence-electron chi connectivity index (χ0n) is 10.7. The Hall–Kier alpha value is -2.57. The standard InChI is InChI=1S/C14H11F3N2O2/c15-14(16,17)11-4-2-1-3-9(11)10-5-8(6-12(20)21)7-19-13(10)18/h1-5,7H,6H2,(H2,18,19)(H,20,21). The predicted octanol–water partition coefficient (Wildman–Crippen LogP) is 2.98. The van der Waals surface area contributed by atoms with Crippen molar-refractivity contribution in [1.29, 1.82) is 0 Å². The minimum Gasteiger partial charge on any atom is -0.481 e. The molecule has 0 unspecified atom stereocenters. The van der Waals surface area contributed by atoms with Crippen LogP contribution in [0.4, 0.5) is 19.0 Å². The van der Waals surface area contributed by atoms with Gasteiger partial charge in [0.25, 0.3) is 0 Å². The first-order valence-corrected chi connectivity index (χ1v) is 5.92. The van der Waals surface area contributed by atoms with Crippen LogP contribution in [0.3, 0.4) is 0 Å². The second-order valence-electron chi connectivity index (χ2n) is 4.39. The van der Waals surface area contributed by atoms with Crippen molar-refractivity contribution in [3.05, 3.63) is 47.7 Å². The van der Waals surface area contributed by atoms with E-state index >= 15 is 0 Å². The van der Waals surface area contributed by atoms with Crippen LogP contribution in [0.15, 0.2) is 36.5 Å². The fourth-order valence-electron chi connectivity index (χ4n) is 1.97. The number of rotatable bonds is 3. The van der Waals surface area contributed by atoms with Gasteiger partial charge in [0.1, 0.15) is 5.82 Å². The molecular formula is C14H11F3N2O2. The molecule has 21 heavy (non-hydrogen) atoms. The summed E-state index contributed by atoms with van der Waals surface area (Å²) >= 11 is 0. The molecule has 0 saturated carbocycles. The number of alkyl halides is 3. The van der Waals surface area contributed by atoms with Crippen LogP contribution in [0.1, 0.15) is 11.1 Å². The molecule has 2 aromatic rings. The summed E-state index contributed by atoms with van der Waals surface area (Å²) in [6.45, 7) is 0. The first-order valence-electron chi connectivity index (χ1n) is 5.92. The number of nitrogens with two attached hydrogens (primary N) is 1. The predicted molar refractivity (Wildman–Crippen MR) is 70.4 cm³/mol. The summed E-state index contributed by atoms with van der Waals surface area (Å²) < 4.78 is 39.1. The Morgan fingerprint density at radius 1 is 1.24 bits per heavy atom. The summed E-state index contributed by atoms with van der Waals surface area (Å²) in [6.07, 6.45) is -3.64. The summed E-state index contributed by atoms with van der Waals surface area (Å²) in [6, 6.07) is 6.27. The van der Waals surface area contributed by atoms with E-state index in [4.69, 9.17) is 10.8 Å². The van der Waals surface area contributed by atoms with Gasteiger partial charge in [-0.05, 0) is 23.3 Å². The average Bonchev–Trinajstić information content (AvgIpc) is 2.39. The third-order valence-electron chi connectivity index (χ3n) is 2.85. The number of hydrogen-bond donors (Lipinski definition) is 2. The Bertz CT molecular complexity index is 684. The summed E-state index contributed by atoms with van der Waals surface area (Å²) in [7, 11) is 0. The molecule has 1 heterocycles. The van der Waals surface area contributed by atoms with Crippen LogP contribution in [0.25, 0.3) is 11.1 Å². The van der Waals surface area contributed by atoms with E-state index in [1.54, 1.807) is 0 Å². The van der Waals surface area contributed by atoms with E-state index in [0.29, 0.717) is 0 Å². The smallest absolute Gasteiger partial charge is 0.417 e. The molecule has 1 aromatic heterocycles. The first kappa shape index (κ1) is 14.8. The highest BCUT2D eigenvalue weighted by atomic mass is 19.4. The number of aliphatic carboxylic acids is 1. The van der Waals surface area contributed by atoms with Crippen LogP contribution in [0.5, 0.6) is 0 Å². The second kappa shape index (κ2) is 5.43. The number of carboxylic acid groups (broad SMARTS) is 1. The molecule has 0 spiro atoms. The van der Waals surface area contributed by atoms with Crippen molar-refractivity contribution in [2.45, 2.75) is 12.6 Å². The summed E-state index contributed by atoms with van der Waals surface area (Å²) in [5.74, 6) is -1.18. The maximum absolute atomic E-state index is 13.0. The molecule has 0 radical (unpaired) electrons. The molecule has 4 nitrogen and oxygen atoms in total. The van der Waals surface area contributed by atoms with Gasteiger partial charge in [-0.1, -0.05) is 18.2 Å². The summed E-state index contributed by atoms with van der Waals surface area (Å²) in [5, 5.41) is 8.74. The Kier molecular flexibility index (Phi) is 3.84. The van der Waals surface area contributed by atoms with E-state index in [0.717, 1.165) is 6.07 Å². The second-order valence-corrected chi connectivity index (χ2v) is 4.39. The highest BCUT2D eigenvalue weighted by molar-refractivity contribution is 5.78. The van der Waals surface area contributed by atoms with Gasteiger partial charge in [-0.2, -0.15) is 13.2 Å². The average molecular weight is 296 g/mol. The molecule has 0 aliphatic rings. The van der Waals surface area contributed by atoms with Gasteiger partial charge < -0.3 is 10.8 Å². The molecular weight excluding hydrogens is 285 g/mol. The Labute approximate surface area is 118 Å². The molecule has 0 saturated heterocycles. The van der Waals surface area contributed by atoms with E-state index in [9.17, 15) is 18.0 Å². The van der Waals surface area contributed by atoms with Crippen LogP contribution in [-0.2, 0) is 17.4 Å². The van der Waals surface area contributed by atoms with Crippen LogP contribution < -0.4 is 5.73 Å². The third-order valence-corrected chi connectivity index (χ3v) is 2.85. The highest BCUT2D eigenvalue weighted by Gasteiger charge is 2.33. The monoisotopic (exact) mass is 296 g/mol. The van der Waals surface area contributed by atoms with E-state index in [1.807, 2.05) is 0 Å². The van der Waals surface area contributed by atoms with Crippen LogP contribution in [0.2, 0.25) is 0 Å². The van der Waals surface area contributed by atoms with E-state index in [2.05, 4.69) is 4.98 Å². The largest absolute Gasteiger partial charge is 0.481 e. The normalized spacial score (nSPS) is 11.4. The van der Waals surface area contributed by atoms with E-state index < -0.39 is 17.7 Å². The van der Waals surface area contributed by atoms with Crippen LogP contribution in [0, 0.1) is 0 Å². The number of carbonyl (C=O) groups is 1. The van der Waals surface area contributed by atoms with Gasteiger partial charge in [-0.25, -0.2) is 4.98 Å². The molecule has 0 atom stereocenters. The molecule has 110 valence electrons. The van der Waals surface area contributed by atoms with Crippen molar-refractivity contribution in [3.8, 4) is 11.1 Å². The Morgan fingerprint density at radius 3 is 2.52 bits per heavy atom. The number of hydrogen-bond acceptors (Lipinski definition) is 3. The third kappa shape index (κ3) is 3.31. The lowest BCUT2D eigenvalue weighted by atomic mass is 9.98. The van der Waals surface area contributed by atoms with Crippen molar-refractivity contribution in [1.82, 2.24) is 4.98 Å². The van der Waals surface area contributed by atoms with Gasteiger partial charge in [-0.3, -0.25) is 4.79 Å². The minimum atomic E-state index is -4.54. The fraction of sp³-hybridized carbons (Fsp3) is 0.143. The lowest BCUT2D eigenvalue weighted by Gasteiger charge is -2.14. The fourth-order valence-corrected chi connectivity index (χ4v) is 1.97. The summed E-state index contributed by atoms with van der Waals surface area (Å²) in [4.78, 5) is 14.5. The number of nitrogen functional groups attached to an aromatic ring is 1. The number of carboxylic acids is 1. The molecule has 2 rings (SSSR count). The SMILES string of the molecule is Nc1ncc(CC(=O)O)cc1-c1ccccc1C(F)(F)F. The minimum absolute atomic E-state index is 0.0710. The molecule has 0 amide bonds. The molecule has 0 fully saturated rings. The van der Waals surface area contributed by atoms with Crippen molar-refractivity contribution in [2.75, 3.05) is 5.73 Å². The Balaban J connectivity index is 2.59. The maximum Gasteiger partial charge on any atom is 0.417 e. The zero-order chi connectivity index (χ0) is 15.6. The number of halogens is 3. The van der Waals surface area contributed by atoms with Gasteiger partial charge in [-0.15, -0.1) is 0 Å². The quantitative estimate of drug-likeness (QED) is 0.913. The van der Waals surface area contributed by atoms with Gasteiger partial charge in [0, 0.05) is 11.8 Å². The van der Waals surface area contributed by atoms with Gasteiger partial charge in [0.15, 0.2) is 0 Å². The van der Waals surface area contributed by atoms with Crippen molar-refractivity contribution in [2.24, 2.45) is 0 Å². The van der Waals surface area contributed by atoms with Crippen molar-refractivity contribution >= 4 is 11.8 Å². The molecule has 0 aliphatic heterocycles. The lowest BCUT2D eigenvalue weighted by molar-refractivity contribution is -0.137. The molecule has 0 bridgehead atoms. The van der Waals surface area contributed by atoms with E-state index in [1.165, 1.54) is 30.5 Å². The summed E-state index contributed by atoms with van der Waals surface area (Å²) in [5.41, 5.74) is 5.03. The van der Waals surface area contributed by atoms with Gasteiger partial charge in [0.2, 0.25) is 0 Å².